The number of nitro benzene ring substituents is 1. The van der Waals surface area contributed by atoms with E-state index in [0.29, 0.717) is 6.54 Å². The Hall–Kier alpha value is -1.80. The Bertz CT molecular complexity index is 467. The monoisotopic (exact) mass is 284 g/mol. The van der Waals surface area contributed by atoms with Crippen LogP contribution in [0.15, 0.2) is 18.2 Å². The molecule has 1 amide bonds. The van der Waals surface area contributed by atoms with Gasteiger partial charge in [0.15, 0.2) is 0 Å². The Balaban J connectivity index is 2.75. The second-order valence-corrected chi connectivity index (χ2v) is 4.72. The highest BCUT2D eigenvalue weighted by atomic mass is 32.2. The molecule has 0 unspecified atom stereocenters. The summed E-state index contributed by atoms with van der Waals surface area (Å²) in [5.41, 5.74) is 2.42. The summed E-state index contributed by atoms with van der Waals surface area (Å²) in [5, 5.41) is 13.5. The van der Waals surface area contributed by atoms with Crippen LogP contribution in [0.3, 0.4) is 0 Å². The number of nitrogens with zero attached hydrogens (tertiary/aromatic N) is 1. The van der Waals surface area contributed by atoms with E-state index in [9.17, 15) is 14.9 Å². The van der Waals surface area contributed by atoms with Gasteiger partial charge in [0.2, 0.25) is 0 Å². The minimum absolute atomic E-state index is 0.170. The molecule has 7 nitrogen and oxygen atoms in total. The first-order chi connectivity index (χ1) is 9.10. The summed E-state index contributed by atoms with van der Waals surface area (Å²) < 4.78 is 0. The van der Waals surface area contributed by atoms with E-state index in [1.54, 1.807) is 11.8 Å². The summed E-state index contributed by atoms with van der Waals surface area (Å²) in [6, 6.07) is 4.11. The maximum Gasteiger partial charge on any atom is 0.294 e. The molecular formula is C11H16N4O3S. The van der Waals surface area contributed by atoms with Gasteiger partial charge in [-0.1, -0.05) is 0 Å². The molecule has 0 spiro atoms. The highest BCUT2D eigenvalue weighted by Gasteiger charge is 2.16. The van der Waals surface area contributed by atoms with Crippen molar-refractivity contribution in [3.8, 4) is 0 Å². The lowest BCUT2D eigenvalue weighted by molar-refractivity contribution is -0.384. The van der Waals surface area contributed by atoms with E-state index in [2.05, 4.69) is 10.7 Å². The number of nitrogen functional groups attached to an aromatic ring is 1. The van der Waals surface area contributed by atoms with Crippen molar-refractivity contribution in [2.75, 3.05) is 24.0 Å². The van der Waals surface area contributed by atoms with E-state index in [0.717, 1.165) is 12.2 Å². The van der Waals surface area contributed by atoms with Crippen LogP contribution in [-0.2, 0) is 0 Å². The van der Waals surface area contributed by atoms with Crippen LogP contribution in [-0.4, -0.2) is 29.4 Å². The van der Waals surface area contributed by atoms with Crippen molar-refractivity contribution in [2.24, 2.45) is 5.84 Å². The maximum atomic E-state index is 11.8. The number of thioether (sulfide) groups is 1. The SMILES string of the molecule is CSCCCNC(=O)c1ccc(NN)c([N+](=O)[O-])c1. The summed E-state index contributed by atoms with van der Waals surface area (Å²) >= 11 is 1.70. The van der Waals surface area contributed by atoms with Crippen LogP contribution in [0.2, 0.25) is 0 Å². The fraction of sp³-hybridized carbons (Fsp3) is 0.364. The molecule has 8 heteroatoms. The number of hydrazine groups is 1. The van der Waals surface area contributed by atoms with E-state index in [1.807, 2.05) is 6.26 Å². The van der Waals surface area contributed by atoms with Gasteiger partial charge in [-0.15, -0.1) is 0 Å². The van der Waals surface area contributed by atoms with Gasteiger partial charge in [-0.05, 0) is 30.6 Å². The first kappa shape index (κ1) is 15.3. The highest BCUT2D eigenvalue weighted by Crippen LogP contribution is 2.24. The molecular weight excluding hydrogens is 268 g/mol. The molecule has 0 radical (unpaired) electrons. The third-order valence-electron chi connectivity index (χ3n) is 2.42. The second-order valence-electron chi connectivity index (χ2n) is 3.74. The average Bonchev–Trinajstić information content (AvgIpc) is 2.42. The summed E-state index contributed by atoms with van der Waals surface area (Å²) in [7, 11) is 0. The molecule has 0 aliphatic carbocycles. The number of nitrogens with one attached hydrogen (secondary N) is 2. The van der Waals surface area contributed by atoms with Gasteiger partial charge in [-0.3, -0.25) is 20.8 Å². The van der Waals surface area contributed by atoms with Gasteiger partial charge in [0.05, 0.1) is 4.92 Å². The number of carbonyl (C=O) groups is 1. The van der Waals surface area contributed by atoms with Crippen LogP contribution in [0.1, 0.15) is 16.8 Å². The fourth-order valence-electron chi connectivity index (χ4n) is 1.47. The smallest absolute Gasteiger partial charge is 0.294 e. The van der Waals surface area contributed by atoms with Crippen LogP contribution in [0.5, 0.6) is 0 Å². The van der Waals surface area contributed by atoms with Crippen molar-refractivity contribution >= 4 is 29.0 Å². The average molecular weight is 284 g/mol. The van der Waals surface area contributed by atoms with Crippen LogP contribution in [0.4, 0.5) is 11.4 Å². The molecule has 0 aliphatic rings. The number of hydrogen-bond acceptors (Lipinski definition) is 6. The van der Waals surface area contributed by atoms with Gasteiger partial charge in [0, 0.05) is 18.2 Å². The fourth-order valence-corrected chi connectivity index (χ4v) is 1.90. The van der Waals surface area contributed by atoms with Crippen molar-refractivity contribution in [1.29, 1.82) is 0 Å². The highest BCUT2D eigenvalue weighted by molar-refractivity contribution is 7.98. The van der Waals surface area contributed by atoms with Crippen molar-refractivity contribution in [2.45, 2.75) is 6.42 Å². The molecule has 104 valence electrons. The Morgan fingerprint density at radius 3 is 2.84 bits per heavy atom. The van der Waals surface area contributed by atoms with Gasteiger partial charge < -0.3 is 10.7 Å². The first-order valence-corrected chi connectivity index (χ1v) is 7.01. The lowest BCUT2D eigenvalue weighted by Gasteiger charge is -2.06. The standard InChI is InChI=1S/C11H16N4O3S/c1-19-6-2-5-13-11(16)8-3-4-9(14-12)10(7-8)15(17)18/h3-4,7,14H,2,5-6,12H2,1H3,(H,13,16). The lowest BCUT2D eigenvalue weighted by Crippen LogP contribution is -2.25. The Morgan fingerprint density at radius 1 is 1.53 bits per heavy atom. The Morgan fingerprint density at radius 2 is 2.26 bits per heavy atom. The molecule has 0 heterocycles. The molecule has 0 fully saturated rings. The maximum absolute atomic E-state index is 11.8. The topological polar surface area (TPSA) is 110 Å². The molecule has 0 bridgehead atoms. The van der Waals surface area contributed by atoms with Crippen LogP contribution in [0.25, 0.3) is 0 Å². The molecule has 19 heavy (non-hydrogen) atoms. The third-order valence-corrected chi connectivity index (χ3v) is 3.12. The molecule has 0 aromatic heterocycles. The minimum atomic E-state index is -0.584. The van der Waals surface area contributed by atoms with E-state index in [-0.39, 0.29) is 22.8 Å². The van der Waals surface area contributed by atoms with Crippen molar-refractivity contribution in [1.82, 2.24) is 5.32 Å². The normalized spacial score (nSPS) is 10.0. The number of carbonyl (C=O) groups excluding carboxylic acids is 1. The first-order valence-electron chi connectivity index (χ1n) is 5.62. The van der Waals surface area contributed by atoms with E-state index in [4.69, 9.17) is 5.84 Å². The molecule has 4 N–H and O–H groups in total. The Labute approximate surface area is 115 Å². The van der Waals surface area contributed by atoms with Crippen LogP contribution >= 0.6 is 11.8 Å². The predicted molar refractivity (Wildman–Crippen MR) is 76.2 cm³/mol. The van der Waals surface area contributed by atoms with E-state index in [1.165, 1.54) is 18.2 Å². The molecule has 0 aliphatic heterocycles. The van der Waals surface area contributed by atoms with Gasteiger partial charge in [0.25, 0.3) is 11.6 Å². The number of rotatable bonds is 7. The minimum Gasteiger partial charge on any atom is -0.352 e. The Kier molecular flexibility index (Phi) is 6.10. The number of amides is 1. The molecule has 0 saturated carbocycles. The molecule has 0 saturated heterocycles. The second kappa shape index (κ2) is 7.59. The van der Waals surface area contributed by atoms with Gasteiger partial charge in [-0.25, -0.2) is 0 Å². The summed E-state index contributed by atoms with van der Waals surface area (Å²) in [4.78, 5) is 22.0. The number of benzene rings is 1. The number of nitrogens with two attached hydrogens (primary N) is 1. The van der Waals surface area contributed by atoms with Crippen molar-refractivity contribution in [3.63, 3.8) is 0 Å². The van der Waals surface area contributed by atoms with E-state index >= 15 is 0 Å². The van der Waals surface area contributed by atoms with Gasteiger partial charge in [-0.2, -0.15) is 11.8 Å². The molecule has 1 aromatic carbocycles. The quantitative estimate of drug-likeness (QED) is 0.302. The van der Waals surface area contributed by atoms with Crippen molar-refractivity contribution < 1.29 is 9.72 Å². The molecule has 1 aromatic rings. The number of hydrogen-bond donors (Lipinski definition) is 3. The summed E-state index contributed by atoms with van der Waals surface area (Å²) in [6.07, 6.45) is 2.85. The number of nitro groups is 1. The zero-order chi connectivity index (χ0) is 14.3. The number of anilines is 1. The van der Waals surface area contributed by atoms with Gasteiger partial charge >= 0.3 is 0 Å². The zero-order valence-corrected chi connectivity index (χ0v) is 11.3. The predicted octanol–water partition coefficient (Wildman–Crippen LogP) is 1.36. The third kappa shape index (κ3) is 4.42. The largest absolute Gasteiger partial charge is 0.352 e. The van der Waals surface area contributed by atoms with Crippen LogP contribution < -0.4 is 16.6 Å². The summed E-state index contributed by atoms with van der Waals surface area (Å²) in [5.74, 6) is 5.80. The van der Waals surface area contributed by atoms with Crippen LogP contribution in [0, 0.1) is 10.1 Å². The zero-order valence-electron chi connectivity index (χ0n) is 10.5. The van der Waals surface area contributed by atoms with E-state index < -0.39 is 4.92 Å². The molecule has 0 atom stereocenters. The van der Waals surface area contributed by atoms with Crippen molar-refractivity contribution in [3.05, 3.63) is 33.9 Å². The van der Waals surface area contributed by atoms with Gasteiger partial charge in [0.1, 0.15) is 5.69 Å². The molecule has 1 rings (SSSR count). The lowest BCUT2D eigenvalue weighted by atomic mass is 10.1. The summed E-state index contributed by atoms with van der Waals surface area (Å²) in [6.45, 7) is 0.546.